The summed E-state index contributed by atoms with van der Waals surface area (Å²) in [5, 5.41) is 3.29. The van der Waals surface area contributed by atoms with Crippen LogP contribution in [0, 0.1) is 0 Å². The maximum Gasteiger partial charge on any atom is 0.491 e. The van der Waals surface area contributed by atoms with Crippen LogP contribution >= 0.6 is 11.6 Å². The molecule has 3 heterocycles. The number of nitrogens with one attached hydrogen (secondary N) is 2. The lowest BCUT2D eigenvalue weighted by Crippen LogP contribution is -2.64. The van der Waals surface area contributed by atoms with Gasteiger partial charge in [-0.1, -0.05) is 23.7 Å². The molecule has 0 spiro atoms. The number of hydrogen-bond acceptors (Lipinski definition) is 9. The van der Waals surface area contributed by atoms with Gasteiger partial charge in [-0.15, -0.1) is 0 Å². The number of rotatable bonds is 5. The molecule has 12 nitrogen and oxygen atoms in total. The Morgan fingerprint density at radius 3 is 2.42 bits per heavy atom. The summed E-state index contributed by atoms with van der Waals surface area (Å²) < 4.78 is 44.8. The second-order valence-electron chi connectivity index (χ2n) is 8.01. The molecular formula is C20H21ClF3N7O5. The van der Waals surface area contributed by atoms with Gasteiger partial charge in [0, 0.05) is 33.2 Å². The molecule has 1 aromatic carbocycles. The van der Waals surface area contributed by atoms with Gasteiger partial charge in [-0.2, -0.15) is 13.2 Å². The highest BCUT2D eigenvalue weighted by Gasteiger charge is 2.52. The minimum Gasteiger partial charge on any atom is -0.425 e. The summed E-state index contributed by atoms with van der Waals surface area (Å²) in [6, 6.07) is 6.32. The van der Waals surface area contributed by atoms with Crippen molar-refractivity contribution >= 4 is 40.7 Å². The van der Waals surface area contributed by atoms with E-state index in [4.69, 9.17) is 17.3 Å². The number of benzene rings is 1. The van der Waals surface area contributed by atoms with Crippen molar-refractivity contribution in [2.45, 2.75) is 18.7 Å². The second-order valence-corrected chi connectivity index (χ2v) is 8.42. The third kappa shape index (κ3) is 4.40. The molecule has 0 saturated carbocycles. The third-order valence-electron chi connectivity index (χ3n) is 5.77. The smallest absolute Gasteiger partial charge is 0.425 e. The molecule has 1 fully saturated rings. The Morgan fingerprint density at radius 1 is 1.19 bits per heavy atom. The maximum absolute atomic E-state index is 13.1. The summed E-state index contributed by atoms with van der Waals surface area (Å²) in [5.41, 5.74) is 3.64. The van der Waals surface area contributed by atoms with Gasteiger partial charge >= 0.3 is 17.8 Å². The molecule has 1 aromatic heterocycles. The van der Waals surface area contributed by atoms with Gasteiger partial charge in [0.25, 0.3) is 17.7 Å². The van der Waals surface area contributed by atoms with E-state index in [1.807, 2.05) is 0 Å². The van der Waals surface area contributed by atoms with E-state index in [0.717, 1.165) is 9.47 Å². The number of amides is 1. The molecule has 36 heavy (non-hydrogen) atoms. The molecule has 2 atom stereocenters. The number of alkyl halides is 3. The lowest BCUT2D eigenvalue weighted by atomic mass is 10.2. The van der Waals surface area contributed by atoms with Gasteiger partial charge in [0.1, 0.15) is 5.82 Å². The molecule has 0 radical (unpaired) electrons. The number of esters is 1. The average Bonchev–Trinajstić information content (AvgIpc) is 3.17. The summed E-state index contributed by atoms with van der Waals surface area (Å²) in [4.78, 5) is 56.0. The van der Waals surface area contributed by atoms with Crippen LogP contribution in [0.25, 0.3) is 0 Å². The van der Waals surface area contributed by atoms with Crippen molar-refractivity contribution in [2.75, 3.05) is 36.0 Å². The Hall–Kier alpha value is -3.56. The quantitative estimate of drug-likeness (QED) is 0.446. The lowest BCUT2D eigenvalue weighted by Gasteiger charge is -2.43. The highest BCUT2D eigenvalue weighted by molar-refractivity contribution is 6.33. The van der Waals surface area contributed by atoms with Crippen LogP contribution in [-0.4, -0.2) is 71.2 Å². The first-order valence-electron chi connectivity index (χ1n) is 10.6. The first-order valence-corrected chi connectivity index (χ1v) is 11.0. The number of para-hydroxylation sites is 1. The van der Waals surface area contributed by atoms with Crippen LogP contribution < -0.4 is 32.1 Å². The Bertz CT molecular complexity index is 1310. The zero-order valence-electron chi connectivity index (χ0n) is 18.7. The van der Waals surface area contributed by atoms with Crippen molar-refractivity contribution < 1.29 is 27.5 Å². The fraction of sp³-hybridized carbons (Fsp3) is 0.400. The summed E-state index contributed by atoms with van der Waals surface area (Å²) in [7, 11) is 1.23. The number of nitrogens with zero attached hydrogens (tertiary/aromatic N) is 4. The van der Waals surface area contributed by atoms with Gasteiger partial charge in [-0.3, -0.25) is 33.8 Å². The van der Waals surface area contributed by atoms with Gasteiger partial charge in [-0.05, 0) is 12.1 Å². The lowest BCUT2D eigenvalue weighted by molar-refractivity contribution is -0.205. The number of hydrogen-bond donors (Lipinski definition) is 3. The minimum atomic E-state index is -5.44. The summed E-state index contributed by atoms with van der Waals surface area (Å²) in [6.45, 7) is 1.52. The Kier molecular flexibility index (Phi) is 6.72. The molecule has 1 amide bonds. The average molecular weight is 532 g/mol. The standard InChI is InChI=1S/C20H21ClF3N7O5/c1-28-15-12(14(33)27-18(28)35)30(11-5-3-2-4-10(11)21)19(29-8-6-26-7-9-29)31(15)16(13(25)32)36-17(34)20(22,23)24/h2-5,16,19,26H,6-9H2,1H3,(H2,25,32)(H,27,33,35). The fourth-order valence-electron chi connectivity index (χ4n) is 4.26. The topological polar surface area (TPSA) is 146 Å². The molecule has 2 aromatic rings. The minimum absolute atomic E-state index is 0.168. The third-order valence-corrected chi connectivity index (χ3v) is 6.09. The van der Waals surface area contributed by atoms with E-state index in [9.17, 15) is 32.3 Å². The Balaban J connectivity index is 2.01. The van der Waals surface area contributed by atoms with Gasteiger partial charge in [-0.25, -0.2) is 9.59 Å². The molecule has 2 unspecified atom stereocenters. The molecule has 4 rings (SSSR count). The van der Waals surface area contributed by atoms with Crippen LogP contribution in [-0.2, 0) is 21.4 Å². The van der Waals surface area contributed by atoms with Crippen molar-refractivity contribution in [3.63, 3.8) is 0 Å². The Labute approximate surface area is 206 Å². The van der Waals surface area contributed by atoms with E-state index in [-0.39, 0.29) is 22.2 Å². The van der Waals surface area contributed by atoms with Gasteiger partial charge in [0.05, 0.1) is 10.7 Å². The van der Waals surface area contributed by atoms with Crippen LogP contribution in [0.5, 0.6) is 0 Å². The monoisotopic (exact) mass is 531 g/mol. The van der Waals surface area contributed by atoms with Crippen molar-refractivity contribution in [1.82, 2.24) is 19.8 Å². The van der Waals surface area contributed by atoms with Crippen molar-refractivity contribution in [3.8, 4) is 0 Å². The first kappa shape index (κ1) is 25.5. The number of carbonyl (C=O) groups is 2. The molecule has 4 N–H and O–H groups in total. The molecule has 2 aliphatic heterocycles. The van der Waals surface area contributed by atoms with Crippen molar-refractivity contribution in [2.24, 2.45) is 12.8 Å². The van der Waals surface area contributed by atoms with Crippen LogP contribution in [0.15, 0.2) is 33.9 Å². The number of piperazine rings is 1. The van der Waals surface area contributed by atoms with Crippen LogP contribution in [0.3, 0.4) is 0 Å². The summed E-state index contributed by atoms with van der Waals surface area (Å²) in [6.07, 6.45) is -9.00. The number of anilines is 3. The highest BCUT2D eigenvalue weighted by Crippen LogP contribution is 2.45. The van der Waals surface area contributed by atoms with E-state index in [1.165, 1.54) is 18.0 Å². The van der Waals surface area contributed by atoms with Crippen LogP contribution in [0.4, 0.5) is 30.4 Å². The molecule has 2 aliphatic rings. The predicted octanol–water partition coefficient (Wildman–Crippen LogP) is -0.209. The fourth-order valence-corrected chi connectivity index (χ4v) is 4.48. The number of H-pyrrole nitrogens is 1. The van der Waals surface area contributed by atoms with Crippen molar-refractivity contribution in [1.29, 1.82) is 0 Å². The Morgan fingerprint density at radius 2 is 1.83 bits per heavy atom. The van der Waals surface area contributed by atoms with Gasteiger partial charge in [0.15, 0.2) is 12.0 Å². The highest BCUT2D eigenvalue weighted by atomic mass is 35.5. The number of carbonyl (C=O) groups excluding carboxylic acids is 2. The molecular weight excluding hydrogens is 511 g/mol. The second kappa shape index (κ2) is 9.48. The molecule has 194 valence electrons. The number of primary amides is 1. The van der Waals surface area contributed by atoms with Crippen molar-refractivity contribution in [3.05, 3.63) is 50.1 Å². The summed E-state index contributed by atoms with van der Waals surface area (Å²) >= 11 is 6.43. The number of aromatic amines is 1. The SMILES string of the molecule is Cn1c2c(c(=O)[nH]c1=O)N(c1ccccc1Cl)C(N1CCNCC1)N2C(OC(=O)C(F)(F)F)C(N)=O. The molecule has 1 saturated heterocycles. The van der Waals surface area contributed by atoms with E-state index < -0.39 is 41.8 Å². The van der Waals surface area contributed by atoms with E-state index in [2.05, 4.69) is 15.0 Å². The number of halogens is 4. The number of fused-ring (bicyclic) bond motifs is 1. The van der Waals surface area contributed by atoms with E-state index >= 15 is 0 Å². The predicted molar refractivity (Wildman–Crippen MR) is 122 cm³/mol. The van der Waals surface area contributed by atoms with Gasteiger partial charge < -0.3 is 15.8 Å². The molecule has 0 aliphatic carbocycles. The summed E-state index contributed by atoms with van der Waals surface area (Å²) in [5.74, 6) is -4.41. The number of nitrogens with two attached hydrogens (primary N) is 1. The zero-order chi connectivity index (χ0) is 26.4. The van der Waals surface area contributed by atoms with E-state index in [1.54, 1.807) is 23.1 Å². The number of ether oxygens (including phenoxy) is 1. The first-order chi connectivity index (χ1) is 16.9. The normalized spacial score (nSPS) is 19.2. The van der Waals surface area contributed by atoms with Crippen LogP contribution in [0.1, 0.15) is 0 Å². The van der Waals surface area contributed by atoms with Crippen LogP contribution in [0.2, 0.25) is 5.02 Å². The van der Waals surface area contributed by atoms with Gasteiger partial charge in [0.2, 0.25) is 0 Å². The molecule has 0 bridgehead atoms. The van der Waals surface area contributed by atoms with E-state index in [0.29, 0.717) is 26.2 Å². The number of aromatic nitrogens is 2. The molecule has 16 heteroatoms. The maximum atomic E-state index is 13.1. The zero-order valence-corrected chi connectivity index (χ0v) is 19.5. The largest absolute Gasteiger partial charge is 0.491 e.